The molecule has 0 fully saturated rings. The zero-order chi connectivity index (χ0) is 21.0. The van der Waals surface area contributed by atoms with Gasteiger partial charge in [0.25, 0.3) is 0 Å². The third-order valence-corrected chi connectivity index (χ3v) is 5.95. The molecule has 2 N–H and O–H groups in total. The number of nitrogens with zero attached hydrogens (tertiary/aromatic N) is 3. The SMILES string of the molecule is O=P([O-])([O-])[C@H]([NH2+]Cc1ccccc1)c1cn(-c2ccccc2)nc1-c1cccnc1. The molecule has 7 nitrogen and oxygen atoms in total. The normalized spacial score (nSPS) is 12.6. The fraction of sp³-hybridized carbons (Fsp3) is 0.0909. The van der Waals surface area contributed by atoms with Crippen LogP contribution in [0.5, 0.6) is 0 Å². The molecule has 0 aliphatic rings. The van der Waals surface area contributed by atoms with E-state index in [2.05, 4.69) is 10.1 Å². The Bertz CT molecular complexity index is 1140. The maximum atomic E-state index is 12.3. The summed E-state index contributed by atoms with van der Waals surface area (Å²) in [5.41, 5.74) is 3.11. The number of pyridine rings is 1. The number of rotatable bonds is 7. The third kappa shape index (κ3) is 4.56. The van der Waals surface area contributed by atoms with Crippen LogP contribution < -0.4 is 15.1 Å². The average molecular weight is 419 g/mol. The highest BCUT2D eigenvalue weighted by Crippen LogP contribution is 2.42. The van der Waals surface area contributed by atoms with Crippen molar-refractivity contribution < 1.29 is 19.7 Å². The van der Waals surface area contributed by atoms with E-state index in [9.17, 15) is 14.4 Å². The summed E-state index contributed by atoms with van der Waals surface area (Å²) in [6, 6.07) is 22.3. The molecule has 30 heavy (non-hydrogen) atoms. The van der Waals surface area contributed by atoms with Crippen molar-refractivity contribution in [2.45, 2.75) is 12.3 Å². The van der Waals surface area contributed by atoms with Crippen molar-refractivity contribution in [2.24, 2.45) is 0 Å². The topological polar surface area (TPSA) is 111 Å². The molecule has 0 radical (unpaired) electrons. The third-order valence-electron chi connectivity index (χ3n) is 4.78. The number of benzene rings is 2. The molecule has 4 aromatic rings. The molecule has 0 unspecified atom stereocenters. The van der Waals surface area contributed by atoms with Crippen molar-refractivity contribution in [1.29, 1.82) is 0 Å². The van der Waals surface area contributed by atoms with Crippen molar-refractivity contribution in [1.82, 2.24) is 14.8 Å². The molecule has 0 bridgehead atoms. The Kier molecular flexibility index (Phi) is 5.88. The lowest BCUT2D eigenvalue weighted by Gasteiger charge is -2.35. The molecular formula is C22H20N4O3P-. The van der Waals surface area contributed by atoms with Crippen LogP contribution in [0.2, 0.25) is 0 Å². The average Bonchev–Trinajstić information content (AvgIpc) is 3.20. The molecule has 0 aliphatic heterocycles. The van der Waals surface area contributed by atoms with Crippen molar-refractivity contribution >= 4 is 7.60 Å². The van der Waals surface area contributed by atoms with E-state index in [1.165, 1.54) is 0 Å². The van der Waals surface area contributed by atoms with Gasteiger partial charge in [0.1, 0.15) is 18.0 Å². The Balaban J connectivity index is 1.78. The fourth-order valence-corrected chi connectivity index (χ4v) is 4.23. The molecule has 0 spiro atoms. The van der Waals surface area contributed by atoms with E-state index in [-0.39, 0.29) is 0 Å². The molecule has 2 aromatic carbocycles. The van der Waals surface area contributed by atoms with E-state index in [1.807, 2.05) is 60.7 Å². The lowest BCUT2D eigenvalue weighted by atomic mass is 10.1. The maximum Gasteiger partial charge on any atom is 0.141 e. The van der Waals surface area contributed by atoms with Crippen LogP contribution >= 0.6 is 7.60 Å². The Morgan fingerprint density at radius 3 is 2.30 bits per heavy atom. The standard InChI is InChI=1S/C22H21N4O3P/c27-30(28,29)22(24-14-17-8-3-1-4-9-17)20-16-26(19-11-5-2-6-12-19)25-21(20)18-10-7-13-23-15-18/h1-13,15-16,22,24H,14H2,(H2,27,28,29)/p-1/t22-/m0/s1. The second kappa shape index (κ2) is 8.73. The summed E-state index contributed by atoms with van der Waals surface area (Å²) in [6.45, 7) is 0.350. The highest BCUT2D eigenvalue weighted by Gasteiger charge is 2.26. The number of quaternary nitrogens is 1. The highest BCUT2D eigenvalue weighted by atomic mass is 31.2. The Labute approximate surface area is 174 Å². The number of hydrogen-bond acceptors (Lipinski definition) is 5. The molecule has 0 amide bonds. The van der Waals surface area contributed by atoms with E-state index in [0.717, 1.165) is 11.3 Å². The Morgan fingerprint density at radius 1 is 0.967 bits per heavy atom. The quantitative estimate of drug-likeness (QED) is 0.458. The largest absolute Gasteiger partial charge is 0.806 e. The molecule has 4 rings (SSSR count). The van der Waals surface area contributed by atoms with Crippen LogP contribution in [-0.4, -0.2) is 14.8 Å². The maximum absolute atomic E-state index is 12.3. The van der Waals surface area contributed by atoms with Crippen LogP contribution in [0, 0.1) is 0 Å². The molecule has 0 aliphatic carbocycles. The van der Waals surface area contributed by atoms with Crippen LogP contribution in [0.15, 0.2) is 91.4 Å². The fourth-order valence-electron chi connectivity index (χ4n) is 3.33. The summed E-state index contributed by atoms with van der Waals surface area (Å²) < 4.78 is 13.9. The van der Waals surface area contributed by atoms with Crippen LogP contribution in [0.25, 0.3) is 16.9 Å². The van der Waals surface area contributed by atoms with Gasteiger partial charge in [0, 0.05) is 29.7 Å². The zero-order valence-electron chi connectivity index (χ0n) is 16.0. The minimum Gasteiger partial charge on any atom is -0.806 e. The molecule has 0 saturated carbocycles. The minimum atomic E-state index is -4.99. The first kappa shape index (κ1) is 20.2. The summed E-state index contributed by atoms with van der Waals surface area (Å²) in [6.07, 6.45) is 4.85. The van der Waals surface area contributed by atoms with Crippen molar-refractivity contribution in [2.75, 3.05) is 0 Å². The van der Waals surface area contributed by atoms with E-state index in [0.29, 0.717) is 23.4 Å². The van der Waals surface area contributed by atoms with Crippen LogP contribution in [0.1, 0.15) is 16.9 Å². The van der Waals surface area contributed by atoms with Gasteiger partial charge in [-0.15, -0.1) is 0 Å². The van der Waals surface area contributed by atoms with Crippen molar-refractivity contribution in [3.05, 3.63) is 103 Å². The lowest BCUT2D eigenvalue weighted by Crippen LogP contribution is -2.84. The predicted molar refractivity (Wildman–Crippen MR) is 109 cm³/mol. The van der Waals surface area contributed by atoms with E-state index in [4.69, 9.17) is 0 Å². The Hall–Kier alpha value is -3.09. The summed E-state index contributed by atoms with van der Waals surface area (Å²) in [7, 11) is -4.99. The smallest absolute Gasteiger partial charge is 0.141 e. The summed E-state index contributed by atoms with van der Waals surface area (Å²) in [5.74, 6) is -1.31. The van der Waals surface area contributed by atoms with Gasteiger partial charge >= 0.3 is 0 Å². The lowest BCUT2D eigenvalue weighted by molar-refractivity contribution is -0.699. The van der Waals surface area contributed by atoms with Crippen molar-refractivity contribution in [3.8, 4) is 16.9 Å². The van der Waals surface area contributed by atoms with Crippen LogP contribution in [0.3, 0.4) is 0 Å². The summed E-state index contributed by atoms with van der Waals surface area (Å²) in [5, 5.41) is 6.14. The van der Waals surface area contributed by atoms with Gasteiger partial charge in [0.15, 0.2) is 0 Å². The number of para-hydroxylation sites is 1. The predicted octanol–water partition coefficient (Wildman–Crippen LogP) is 1.61. The molecular weight excluding hydrogens is 399 g/mol. The van der Waals surface area contributed by atoms with E-state index < -0.39 is 13.4 Å². The zero-order valence-corrected chi connectivity index (χ0v) is 16.9. The second-order valence-corrected chi connectivity index (χ2v) is 8.50. The molecule has 2 aromatic heterocycles. The van der Waals surface area contributed by atoms with Gasteiger partial charge in [-0.1, -0.05) is 48.5 Å². The van der Waals surface area contributed by atoms with E-state index >= 15 is 0 Å². The summed E-state index contributed by atoms with van der Waals surface area (Å²) in [4.78, 5) is 28.7. The molecule has 1 atom stereocenters. The molecule has 0 saturated heterocycles. The number of hydrogen-bond donors (Lipinski definition) is 1. The highest BCUT2D eigenvalue weighted by molar-refractivity contribution is 7.48. The minimum absolute atomic E-state index is 0.344. The molecule has 8 heteroatoms. The summed E-state index contributed by atoms with van der Waals surface area (Å²) >= 11 is 0. The van der Waals surface area contributed by atoms with Crippen LogP contribution in [0.4, 0.5) is 0 Å². The molecule has 152 valence electrons. The van der Waals surface area contributed by atoms with Gasteiger partial charge in [-0.05, 0) is 31.9 Å². The van der Waals surface area contributed by atoms with Crippen LogP contribution in [-0.2, 0) is 11.1 Å². The first-order valence-corrected chi connectivity index (χ1v) is 11.1. The Morgan fingerprint density at radius 2 is 1.67 bits per heavy atom. The second-order valence-electron chi connectivity index (χ2n) is 6.86. The van der Waals surface area contributed by atoms with Gasteiger partial charge in [-0.25, -0.2) is 4.68 Å². The number of aromatic nitrogens is 3. The van der Waals surface area contributed by atoms with Gasteiger partial charge in [-0.3, -0.25) is 4.98 Å². The monoisotopic (exact) mass is 419 g/mol. The first-order chi connectivity index (χ1) is 14.5. The van der Waals surface area contributed by atoms with E-state index in [1.54, 1.807) is 40.7 Å². The van der Waals surface area contributed by atoms with Gasteiger partial charge < -0.3 is 19.7 Å². The first-order valence-electron chi connectivity index (χ1n) is 9.47. The number of nitrogens with two attached hydrogens (primary N) is 1. The molecule has 2 heterocycles. The van der Waals surface area contributed by atoms with Crippen molar-refractivity contribution in [3.63, 3.8) is 0 Å². The van der Waals surface area contributed by atoms with Gasteiger partial charge in [-0.2, -0.15) is 5.10 Å². The van der Waals surface area contributed by atoms with Gasteiger partial charge in [0.2, 0.25) is 0 Å². The van der Waals surface area contributed by atoms with Gasteiger partial charge in [0.05, 0.1) is 11.3 Å².